The van der Waals surface area contributed by atoms with Gasteiger partial charge in [-0.15, -0.1) is 0 Å². The molecule has 7 heteroatoms. The van der Waals surface area contributed by atoms with Crippen molar-refractivity contribution in [1.29, 1.82) is 0 Å². The molecule has 7 nitrogen and oxygen atoms in total. The number of nitrogens with one attached hydrogen (secondary N) is 2. The monoisotopic (exact) mass is 575 g/mol. The van der Waals surface area contributed by atoms with E-state index in [2.05, 4.69) is 22.5 Å². The van der Waals surface area contributed by atoms with Gasteiger partial charge in [0.2, 0.25) is 0 Å². The first-order valence-corrected chi connectivity index (χ1v) is 14.4. The van der Waals surface area contributed by atoms with Crippen molar-refractivity contribution in [3.05, 3.63) is 102 Å². The van der Waals surface area contributed by atoms with E-state index in [1.807, 2.05) is 119 Å². The van der Waals surface area contributed by atoms with Crippen molar-refractivity contribution in [3.63, 3.8) is 0 Å². The molecule has 0 bridgehead atoms. The van der Waals surface area contributed by atoms with Crippen LogP contribution in [0.3, 0.4) is 0 Å². The number of carbonyl (C=O) groups excluding carboxylic acids is 2. The molecule has 1 heterocycles. The van der Waals surface area contributed by atoms with Crippen LogP contribution >= 0.6 is 0 Å². The van der Waals surface area contributed by atoms with Gasteiger partial charge in [0, 0.05) is 60.0 Å². The van der Waals surface area contributed by atoms with Crippen LogP contribution in [0, 0.1) is 0 Å². The Morgan fingerprint density at radius 1 is 0.837 bits per heavy atom. The third kappa shape index (κ3) is 6.41. The Hall–Kier alpha value is -5.04. The number of furan rings is 1. The second-order valence-corrected chi connectivity index (χ2v) is 11.5. The molecule has 5 aromatic rings. The lowest BCUT2D eigenvalue weighted by Gasteiger charge is -2.22. The third-order valence-corrected chi connectivity index (χ3v) is 7.17. The van der Waals surface area contributed by atoms with Crippen molar-refractivity contribution in [1.82, 2.24) is 10.6 Å². The summed E-state index contributed by atoms with van der Waals surface area (Å²) < 4.78 is 12.4. The number of ether oxygens (including phenoxy) is 1. The lowest BCUT2D eigenvalue weighted by atomic mass is 9.96. The largest absolute Gasteiger partial charge is 0.457 e. The molecule has 0 unspecified atom stereocenters. The van der Waals surface area contributed by atoms with Crippen LogP contribution in [-0.2, 0) is 0 Å². The average Bonchev–Trinajstić information content (AvgIpc) is 3.38. The fourth-order valence-electron chi connectivity index (χ4n) is 4.94. The second-order valence-electron chi connectivity index (χ2n) is 11.5. The number of amides is 2. The molecule has 4 aromatic carbocycles. The van der Waals surface area contributed by atoms with Crippen LogP contribution in [0.5, 0.6) is 11.5 Å². The van der Waals surface area contributed by atoms with E-state index >= 15 is 0 Å². The van der Waals surface area contributed by atoms with Crippen molar-refractivity contribution in [2.75, 3.05) is 25.5 Å². The van der Waals surface area contributed by atoms with Crippen LogP contribution in [0.25, 0.3) is 33.4 Å². The summed E-state index contributed by atoms with van der Waals surface area (Å²) in [5, 5.41) is 6.50. The number of rotatable bonds is 8. The van der Waals surface area contributed by atoms with Gasteiger partial charge < -0.3 is 24.7 Å². The smallest absolute Gasteiger partial charge is 0.255 e. The highest BCUT2D eigenvalue weighted by molar-refractivity contribution is 6.13. The van der Waals surface area contributed by atoms with Crippen molar-refractivity contribution in [2.45, 2.75) is 33.2 Å². The van der Waals surface area contributed by atoms with E-state index in [-0.39, 0.29) is 17.4 Å². The maximum atomic E-state index is 13.3. The summed E-state index contributed by atoms with van der Waals surface area (Å²) in [4.78, 5) is 28.5. The van der Waals surface area contributed by atoms with E-state index in [1.165, 1.54) is 0 Å². The van der Waals surface area contributed by atoms with Gasteiger partial charge >= 0.3 is 0 Å². The minimum atomic E-state index is -0.360. The number of para-hydroxylation sites is 1. The lowest BCUT2D eigenvalue weighted by molar-refractivity contribution is 0.0918. The van der Waals surface area contributed by atoms with Crippen LogP contribution in [0.1, 0.15) is 48.4 Å². The summed E-state index contributed by atoms with van der Waals surface area (Å²) >= 11 is 0. The Morgan fingerprint density at radius 2 is 1.53 bits per heavy atom. The van der Waals surface area contributed by atoms with Gasteiger partial charge in [0.25, 0.3) is 11.8 Å². The number of hydrogen-bond donors (Lipinski definition) is 2. The molecule has 0 saturated heterocycles. The molecule has 220 valence electrons. The molecule has 43 heavy (non-hydrogen) atoms. The van der Waals surface area contributed by atoms with E-state index in [9.17, 15) is 9.59 Å². The predicted octanol–water partition coefficient (Wildman–Crippen LogP) is 7.90. The molecule has 0 saturated carbocycles. The van der Waals surface area contributed by atoms with Crippen molar-refractivity contribution in [3.8, 4) is 33.9 Å². The molecule has 2 N–H and O–H groups in total. The van der Waals surface area contributed by atoms with E-state index < -0.39 is 0 Å². The number of fused-ring (bicyclic) bond motifs is 1. The molecule has 0 aliphatic rings. The van der Waals surface area contributed by atoms with Gasteiger partial charge in [0.1, 0.15) is 22.8 Å². The average molecular weight is 576 g/mol. The normalized spacial score (nSPS) is 11.3. The molecular formula is C36H37N3O4. The summed E-state index contributed by atoms with van der Waals surface area (Å²) in [6, 6.07) is 28.6. The quantitative estimate of drug-likeness (QED) is 0.196. The van der Waals surface area contributed by atoms with Crippen LogP contribution in [-0.4, -0.2) is 38.0 Å². The van der Waals surface area contributed by atoms with Gasteiger partial charge in [-0.2, -0.15) is 0 Å². The summed E-state index contributed by atoms with van der Waals surface area (Å²) in [6.45, 7) is 8.69. The second kappa shape index (κ2) is 12.1. The predicted molar refractivity (Wildman–Crippen MR) is 173 cm³/mol. The highest BCUT2D eigenvalue weighted by Gasteiger charge is 2.25. The highest BCUT2D eigenvalue weighted by Crippen LogP contribution is 2.41. The first-order chi connectivity index (χ1) is 20.6. The van der Waals surface area contributed by atoms with Gasteiger partial charge in [-0.05, 0) is 87.9 Å². The maximum absolute atomic E-state index is 13.3. The minimum Gasteiger partial charge on any atom is -0.457 e. The van der Waals surface area contributed by atoms with Gasteiger partial charge in [0.15, 0.2) is 0 Å². The standard InChI is InChI=1S/C36H37N3O4/c1-7-39(6)30-22-31-29(21-28(30)24-12-11-13-25(20-24)34(40)38-36(2,3)4)32(35(41)37-5)33(43-31)23-16-18-27(19-17-23)42-26-14-9-8-10-15-26/h8-22H,7H2,1-6H3,(H,37,41)(H,38,40). The number of hydrogen-bond acceptors (Lipinski definition) is 5. The van der Waals surface area contributed by atoms with Gasteiger partial charge in [0.05, 0.1) is 5.56 Å². The van der Waals surface area contributed by atoms with Crippen LogP contribution in [0.4, 0.5) is 5.69 Å². The van der Waals surface area contributed by atoms with E-state index in [1.54, 1.807) is 7.05 Å². The molecule has 0 spiro atoms. The van der Waals surface area contributed by atoms with Crippen LogP contribution in [0.15, 0.2) is 95.4 Å². The molecule has 1 aromatic heterocycles. The molecule has 5 rings (SSSR count). The van der Waals surface area contributed by atoms with Crippen molar-refractivity contribution in [2.24, 2.45) is 0 Å². The Kier molecular flexibility index (Phi) is 8.26. The Bertz CT molecular complexity index is 1770. The molecule has 0 radical (unpaired) electrons. The van der Waals surface area contributed by atoms with Crippen molar-refractivity contribution < 1.29 is 18.7 Å². The molecule has 2 amide bonds. The summed E-state index contributed by atoms with van der Waals surface area (Å²) in [6.07, 6.45) is 0. The summed E-state index contributed by atoms with van der Waals surface area (Å²) in [5.41, 5.74) is 4.69. The fraction of sp³-hybridized carbons (Fsp3) is 0.222. The molecular weight excluding hydrogens is 538 g/mol. The van der Waals surface area contributed by atoms with E-state index in [4.69, 9.17) is 9.15 Å². The fourth-order valence-corrected chi connectivity index (χ4v) is 4.94. The first-order valence-electron chi connectivity index (χ1n) is 14.4. The number of nitrogens with zero attached hydrogens (tertiary/aromatic N) is 1. The Labute approximate surface area is 252 Å². The number of carbonyl (C=O) groups is 2. The molecule has 0 atom stereocenters. The van der Waals surface area contributed by atoms with Gasteiger partial charge in [-0.25, -0.2) is 0 Å². The summed E-state index contributed by atoms with van der Waals surface area (Å²) in [5.74, 6) is 1.50. The van der Waals surface area contributed by atoms with Crippen molar-refractivity contribution >= 4 is 28.5 Å². The lowest BCUT2D eigenvalue weighted by Crippen LogP contribution is -2.40. The highest BCUT2D eigenvalue weighted by atomic mass is 16.5. The number of benzene rings is 4. The van der Waals surface area contributed by atoms with Gasteiger partial charge in [-0.3, -0.25) is 9.59 Å². The Balaban J connectivity index is 1.63. The summed E-state index contributed by atoms with van der Waals surface area (Å²) in [7, 11) is 3.62. The zero-order valence-corrected chi connectivity index (χ0v) is 25.4. The third-order valence-electron chi connectivity index (χ3n) is 7.17. The first kappa shape index (κ1) is 29.5. The number of anilines is 1. The minimum absolute atomic E-state index is 0.142. The van der Waals surface area contributed by atoms with Crippen LogP contribution < -0.4 is 20.3 Å². The Morgan fingerprint density at radius 3 is 2.19 bits per heavy atom. The zero-order chi connectivity index (χ0) is 30.7. The SMILES string of the molecule is CCN(C)c1cc2oc(-c3ccc(Oc4ccccc4)cc3)c(C(=O)NC)c2cc1-c1cccc(C(=O)NC(C)(C)C)c1. The topological polar surface area (TPSA) is 83.8 Å². The van der Waals surface area contributed by atoms with Crippen LogP contribution in [0.2, 0.25) is 0 Å². The molecule has 0 aliphatic carbocycles. The molecule has 0 aliphatic heterocycles. The van der Waals surface area contributed by atoms with E-state index in [0.29, 0.717) is 33.6 Å². The molecule has 0 fully saturated rings. The van der Waals surface area contributed by atoms with Gasteiger partial charge in [-0.1, -0.05) is 30.3 Å². The maximum Gasteiger partial charge on any atom is 0.255 e. The zero-order valence-electron chi connectivity index (χ0n) is 25.4. The van der Waals surface area contributed by atoms with E-state index in [0.717, 1.165) is 34.7 Å².